The molecule has 1 atom stereocenters. The Balaban J connectivity index is 1.83. The second-order valence-electron chi connectivity index (χ2n) is 6.54. The molecule has 1 aliphatic heterocycles. The zero-order chi connectivity index (χ0) is 16.9. The number of likely N-dealkylation sites (tertiary alicyclic amines) is 1. The second kappa shape index (κ2) is 7.59. The van der Waals surface area contributed by atoms with Gasteiger partial charge in [-0.15, -0.1) is 0 Å². The van der Waals surface area contributed by atoms with E-state index in [0.29, 0.717) is 13.0 Å². The van der Waals surface area contributed by atoms with Crippen molar-refractivity contribution in [3.63, 3.8) is 0 Å². The third-order valence-corrected chi connectivity index (χ3v) is 4.67. The highest BCUT2D eigenvalue weighted by Crippen LogP contribution is 2.29. The van der Waals surface area contributed by atoms with Crippen LogP contribution in [0.4, 0.5) is 0 Å². The van der Waals surface area contributed by atoms with Crippen LogP contribution in [0.25, 0.3) is 0 Å². The maximum absolute atomic E-state index is 12.5. The normalized spacial score (nSPS) is 21.8. The molecule has 0 saturated carbocycles. The molecule has 0 aliphatic carbocycles. The molecule has 1 amide bonds. The van der Waals surface area contributed by atoms with Crippen molar-refractivity contribution in [2.24, 2.45) is 5.41 Å². The Morgan fingerprint density at radius 3 is 2.61 bits per heavy atom. The van der Waals surface area contributed by atoms with E-state index < -0.39 is 5.97 Å². The Hall–Kier alpha value is -1.88. The van der Waals surface area contributed by atoms with Gasteiger partial charge in [0.15, 0.2) is 0 Å². The highest BCUT2D eigenvalue weighted by atomic mass is 16.4. The lowest BCUT2D eigenvalue weighted by Crippen LogP contribution is -2.50. The minimum Gasteiger partial charge on any atom is -0.478 e. The molecule has 5 nitrogen and oxygen atoms in total. The number of carbonyl (C=O) groups excluding carboxylic acids is 1. The number of rotatable bonds is 6. The minimum atomic E-state index is -0.921. The van der Waals surface area contributed by atoms with Crippen molar-refractivity contribution in [2.45, 2.75) is 33.1 Å². The van der Waals surface area contributed by atoms with Gasteiger partial charge in [-0.2, -0.15) is 0 Å². The number of hydrogen-bond donors (Lipinski definition) is 2. The summed E-state index contributed by atoms with van der Waals surface area (Å²) in [7, 11) is 0. The monoisotopic (exact) mass is 318 g/mol. The first-order valence-electron chi connectivity index (χ1n) is 8.27. The first-order valence-corrected chi connectivity index (χ1v) is 8.27. The number of aromatic carboxylic acids is 1. The molecule has 0 aromatic heterocycles. The highest BCUT2D eigenvalue weighted by molar-refractivity contribution is 5.87. The van der Waals surface area contributed by atoms with Gasteiger partial charge in [-0.05, 0) is 57.0 Å². The van der Waals surface area contributed by atoms with Crippen molar-refractivity contribution in [2.75, 3.05) is 26.2 Å². The molecule has 23 heavy (non-hydrogen) atoms. The maximum atomic E-state index is 12.5. The predicted octanol–water partition coefficient (Wildman–Crippen LogP) is 2.17. The second-order valence-corrected chi connectivity index (χ2v) is 6.54. The molecule has 2 rings (SSSR count). The predicted molar refractivity (Wildman–Crippen MR) is 89.6 cm³/mol. The number of benzene rings is 1. The Kier molecular flexibility index (Phi) is 5.77. The zero-order valence-corrected chi connectivity index (χ0v) is 14.0. The number of nitrogens with zero attached hydrogens (tertiary/aromatic N) is 1. The standard InChI is InChI=1S/C18H26N2O3/c1-3-20-12-4-10-18(2,13-20)17(23)19-11-9-14-5-7-15(8-6-14)16(21)22/h5-8H,3-4,9-13H2,1-2H3,(H,19,23)(H,21,22). The van der Waals surface area contributed by atoms with Crippen molar-refractivity contribution in [1.29, 1.82) is 0 Å². The van der Waals surface area contributed by atoms with E-state index in [-0.39, 0.29) is 16.9 Å². The fourth-order valence-corrected chi connectivity index (χ4v) is 3.15. The van der Waals surface area contributed by atoms with Crippen LogP contribution in [-0.4, -0.2) is 48.1 Å². The fraction of sp³-hybridized carbons (Fsp3) is 0.556. The first kappa shape index (κ1) is 17.5. The van der Waals surface area contributed by atoms with Gasteiger partial charge < -0.3 is 15.3 Å². The lowest BCUT2D eigenvalue weighted by atomic mass is 9.81. The summed E-state index contributed by atoms with van der Waals surface area (Å²) in [6, 6.07) is 6.80. The molecule has 1 heterocycles. The van der Waals surface area contributed by atoms with Crippen LogP contribution in [0.3, 0.4) is 0 Å². The molecule has 1 aliphatic rings. The molecule has 5 heteroatoms. The summed E-state index contributed by atoms with van der Waals surface area (Å²) in [5, 5.41) is 11.9. The van der Waals surface area contributed by atoms with Crippen LogP contribution in [0.2, 0.25) is 0 Å². The first-order chi connectivity index (χ1) is 10.9. The van der Waals surface area contributed by atoms with E-state index in [4.69, 9.17) is 5.11 Å². The van der Waals surface area contributed by atoms with Crippen LogP contribution >= 0.6 is 0 Å². The molecule has 2 N–H and O–H groups in total. The van der Waals surface area contributed by atoms with Crippen LogP contribution in [-0.2, 0) is 11.2 Å². The summed E-state index contributed by atoms with van der Waals surface area (Å²) in [5.74, 6) is -0.798. The van der Waals surface area contributed by atoms with E-state index in [9.17, 15) is 9.59 Å². The lowest BCUT2D eigenvalue weighted by Gasteiger charge is -2.38. The van der Waals surface area contributed by atoms with Crippen molar-refractivity contribution < 1.29 is 14.7 Å². The molecule has 1 unspecified atom stereocenters. The molecule has 0 spiro atoms. The van der Waals surface area contributed by atoms with Gasteiger partial charge in [0.2, 0.25) is 5.91 Å². The Labute approximate surface area is 137 Å². The molecular weight excluding hydrogens is 292 g/mol. The summed E-state index contributed by atoms with van der Waals surface area (Å²) >= 11 is 0. The van der Waals surface area contributed by atoms with Gasteiger partial charge in [-0.3, -0.25) is 4.79 Å². The summed E-state index contributed by atoms with van der Waals surface area (Å²) < 4.78 is 0. The van der Waals surface area contributed by atoms with Gasteiger partial charge in [0.1, 0.15) is 0 Å². The number of nitrogens with one attached hydrogen (secondary N) is 1. The topological polar surface area (TPSA) is 69.6 Å². The molecule has 1 aromatic rings. The Morgan fingerprint density at radius 1 is 1.30 bits per heavy atom. The van der Waals surface area contributed by atoms with Crippen molar-refractivity contribution in [3.05, 3.63) is 35.4 Å². The smallest absolute Gasteiger partial charge is 0.335 e. The quantitative estimate of drug-likeness (QED) is 0.843. The molecular formula is C18H26N2O3. The minimum absolute atomic E-state index is 0.123. The van der Waals surface area contributed by atoms with E-state index >= 15 is 0 Å². The number of amides is 1. The van der Waals surface area contributed by atoms with E-state index in [1.807, 2.05) is 6.92 Å². The number of carboxylic acids is 1. The van der Waals surface area contributed by atoms with E-state index in [2.05, 4.69) is 17.1 Å². The van der Waals surface area contributed by atoms with E-state index in [1.165, 1.54) is 0 Å². The third-order valence-electron chi connectivity index (χ3n) is 4.67. The van der Waals surface area contributed by atoms with Crippen molar-refractivity contribution in [3.8, 4) is 0 Å². The summed E-state index contributed by atoms with van der Waals surface area (Å²) in [6.45, 7) is 7.64. The average molecular weight is 318 g/mol. The van der Waals surface area contributed by atoms with Crippen LogP contribution in [0.5, 0.6) is 0 Å². The SMILES string of the molecule is CCN1CCCC(C)(C(=O)NCCc2ccc(C(=O)O)cc2)C1. The summed E-state index contributed by atoms with van der Waals surface area (Å²) in [4.78, 5) is 25.6. The molecule has 0 radical (unpaired) electrons. The maximum Gasteiger partial charge on any atom is 0.335 e. The molecule has 126 valence electrons. The average Bonchev–Trinajstić information content (AvgIpc) is 2.55. The molecule has 0 bridgehead atoms. The summed E-state index contributed by atoms with van der Waals surface area (Å²) in [6.07, 6.45) is 2.70. The third kappa shape index (κ3) is 4.55. The van der Waals surface area contributed by atoms with Gasteiger partial charge in [-0.1, -0.05) is 19.1 Å². The van der Waals surface area contributed by atoms with Gasteiger partial charge in [0.05, 0.1) is 11.0 Å². The molecule has 1 fully saturated rings. The number of piperidine rings is 1. The number of hydrogen-bond acceptors (Lipinski definition) is 3. The molecule has 1 aromatic carbocycles. The van der Waals surface area contributed by atoms with Gasteiger partial charge >= 0.3 is 5.97 Å². The van der Waals surface area contributed by atoms with Crippen LogP contribution in [0.15, 0.2) is 24.3 Å². The Bertz CT molecular complexity index is 556. The number of carboxylic acid groups (broad SMARTS) is 1. The van der Waals surface area contributed by atoms with E-state index in [1.54, 1.807) is 24.3 Å². The summed E-state index contributed by atoms with van der Waals surface area (Å²) in [5.41, 5.74) is 1.01. The van der Waals surface area contributed by atoms with Crippen LogP contribution < -0.4 is 5.32 Å². The zero-order valence-electron chi connectivity index (χ0n) is 14.0. The van der Waals surface area contributed by atoms with Crippen LogP contribution in [0.1, 0.15) is 42.6 Å². The fourth-order valence-electron chi connectivity index (χ4n) is 3.15. The van der Waals surface area contributed by atoms with Gasteiger partial charge in [-0.25, -0.2) is 4.79 Å². The van der Waals surface area contributed by atoms with Gasteiger partial charge in [0, 0.05) is 13.1 Å². The number of carbonyl (C=O) groups is 2. The lowest BCUT2D eigenvalue weighted by molar-refractivity contribution is -0.133. The highest BCUT2D eigenvalue weighted by Gasteiger charge is 2.36. The van der Waals surface area contributed by atoms with Gasteiger partial charge in [0.25, 0.3) is 0 Å². The largest absolute Gasteiger partial charge is 0.478 e. The van der Waals surface area contributed by atoms with E-state index in [0.717, 1.165) is 38.0 Å². The van der Waals surface area contributed by atoms with Crippen molar-refractivity contribution in [1.82, 2.24) is 10.2 Å². The van der Waals surface area contributed by atoms with Crippen molar-refractivity contribution >= 4 is 11.9 Å². The molecule has 1 saturated heterocycles. The Morgan fingerprint density at radius 2 is 2.00 bits per heavy atom. The van der Waals surface area contributed by atoms with Crippen LogP contribution in [0, 0.1) is 5.41 Å².